The largest absolute Gasteiger partial charge is 0.489 e. The van der Waals surface area contributed by atoms with E-state index in [2.05, 4.69) is 10.5 Å². The van der Waals surface area contributed by atoms with Crippen LogP contribution in [0.2, 0.25) is 5.02 Å². The number of hydrogen-bond donors (Lipinski definition) is 1. The van der Waals surface area contributed by atoms with Gasteiger partial charge in [0.2, 0.25) is 0 Å². The standard InChI is InChI=1S/C29H26ClN3O4S/c1-21-7-17-27(18-8-21)38(35,36)33(2)25-13-11-23(12-14-25)29(34)32-31-19-22-9-15-26(16-10-22)37-20-24-5-3-4-6-28(24)30/h3-19H,20H2,1-2H3,(H,32,34)/b31-19-. The van der Waals surface area contributed by atoms with Crippen LogP contribution < -0.4 is 14.5 Å². The van der Waals surface area contributed by atoms with E-state index in [0.717, 1.165) is 16.7 Å². The summed E-state index contributed by atoms with van der Waals surface area (Å²) in [4.78, 5) is 12.7. The molecule has 0 aliphatic heterocycles. The third kappa shape index (κ3) is 6.59. The predicted molar refractivity (Wildman–Crippen MR) is 150 cm³/mol. The van der Waals surface area contributed by atoms with Crippen molar-refractivity contribution in [1.29, 1.82) is 0 Å². The topological polar surface area (TPSA) is 88.1 Å². The number of amides is 1. The second-order valence-corrected chi connectivity index (χ2v) is 10.9. The number of anilines is 1. The molecule has 0 saturated carbocycles. The highest BCUT2D eigenvalue weighted by atomic mass is 35.5. The van der Waals surface area contributed by atoms with Gasteiger partial charge < -0.3 is 4.74 Å². The monoisotopic (exact) mass is 547 g/mol. The highest BCUT2D eigenvalue weighted by Crippen LogP contribution is 2.23. The van der Waals surface area contributed by atoms with Crippen molar-refractivity contribution in [3.05, 3.63) is 124 Å². The Hall–Kier alpha value is -4.14. The molecule has 4 aromatic carbocycles. The van der Waals surface area contributed by atoms with E-state index in [1.165, 1.54) is 17.6 Å². The van der Waals surface area contributed by atoms with Crippen LogP contribution >= 0.6 is 11.6 Å². The molecule has 0 aliphatic rings. The number of hydrogen-bond acceptors (Lipinski definition) is 5. The van der Waals surface area contributed by atoms with E-state index in [4.69, 9.17) is 16.3 Å². The summed E-state index contributed by atoms with van der Waals surface area (Å²) in [5.74, 6) is 0.261. The summed E-state index contributed by atoms with van der Waals surface area (Å²) in [5.41, 5.74) is 5.90. The van der Waals surface area contributed by atoms with E-state index in [9.17, 15) is 13.2 Å². The summed E-state index contributed by atoms with van der Waals surface area (Å²) >= 11 is 6.15. The van der Waals surface area contributed by atoms with Crippen molar-refractivity contribution in [2.75, 3.05) is 11.4 Å². The quantitative estimate of drug-likeness (QED) is 0.211. The van der Waals surface area contributed by atoms with E-state index in [0.29, 0.717) is 28.6 Å². The average Bonchev–Trinajstić information content (AvgIpc) is 2.93. The van der Waals surface area contributed by atoms with Gasteiger partial charge in [0.25, 0.3) is 15.9 Å². The van der Waals surface area contributed by atoms with Crippen molar-refractivity contribution in [3.63, 3.8) is 0 Å². The van der Waals surface area contributed by atoms with Crippen molar-refractivity contribution in [3.8, 4) is 5.75 Å². The van der Waals surface area contributed by atoms with Crippen LogP contribution in [0.25, 0.3) is 0 Å². The molecule has 1 amide bonds. The fourth-order valence-electron chi connectivity index (χ4n) is 3.49. The number of carbonyl (C=O) groups excluding carboxylic acids is 1. The molecule has 0 aromatic heterocycles. The van der Waals surface area contributed by atoms with Gasteiger partial charge in [-0.3, -0.25) is 9.10 Å². The summed E-state index contributed by atoms with van der Waals surface area (Å²) in [5, 5.41) is 4.66. The van der Waals surface area contributed by atoms with Crippen molar-refractivity contribution >= 4 is 39.4 Å². The van der Waals surface area contributed by atoms with Crippen LogP contribution in [0, 0.1) is 6.92 Å². The average molecular weight is 548 g/mol. The highest BCUT2D eigenvalue weighted by Gasteiger charge is 2.21. The van der Waals surface area contributed by atoms with Gasteiger partial charge in [-0.15, -0.1) is 0 Å². The molecule has 0 spiro atoms. The Morgan fingerprint density at radius 1 is 0.947 bits per heavy atom. The van der Waals surface area contributed by atoms with Gasteiger partial charge in [-0.1, -0.05) is 47.5 Å². The zero-order valence-corrected chi connectivity index (χ0v) is 22.4. The maximum atomic E-state index is 12.9. The first-order valence-electron chi connectivity index (χ1n) is 11.7. The van der Waals surface area contributed by atoms with E-state index in [-0.39, 0.29) is 4.90 Å². The van der Waals surface area contributed by atoms with Crippen LogP contribution in [0.5, 0.6) is 5.75 Å². The smallest absolute Gasteiger partial charge is 0.271 e. The molecule has 0 unspecified atom stereocenters. The lowest BCUT2D eigenvalue weighted by Crippen LogP contribution is -2.26. The van der Waals surface area contributed by atoms with E-state index in [1.807, 2.05) is 43.3 Å². The number of sulfonamides is 1. The van der Waals surface area contributed by atoms with Gasteiger partial charge in [0, 0.05) is 23.2 Å². The van der Waals surface area contributed by atoms with Crippen molar-refractivity contribution in [1.82, 2.24) is 5.43 Å². The van der Waals surface area contributed by atoms with Crippen LogP contribution in [0.1, 0.15) is 27.0 Å². The lowest BCUT2D eigenvalue weighted by molar-refractivity contribution is 0.0955. The minimum absolute atomic E-state index is 0.196. The Bertz CT molecular complexity index is 1540. The number of nitrogens with one attached hydrogen (secondary N) is 1. The molecule has 0 bridgehead atoms. The number of halogens is 1. The summed E-state index contributed by atoms with van der Waals surface area (Å²) in [6, 6.07) is 27.6. The number of nitrogens with zero attached hydrogens (tertiary/aromatic N) is 2. The Balaban J connectivity index is 1.32. The SMILES string of the molecule is Cc1ccc(S(=O)(=O)N(C)c2ccc(C(=O)N/N=C\c3ccc(OCc4ccccc4Cl)cc3)cc2)cc1. The number of carbonyl (C=O) groups is 1. The molecule has 7 nitrogen and oxygen atoms in total. The molecular formula is C29H26ClN3O4S. The molecule has 0 fully saturated rings. The molecule has 0 saturated heterocycles. The minimum Gasteiger partial charge on any atom is -0.489 e. The van der Waals surface area contributed by atoms with Crippen molar-refractivity contribution in [2.45, 2.75) is 18.4 Å². The number of ether oxygens (including phenoxy) is 1. The molecule has 0 aliphatic carbocycles. The van der Waals surface area contributed by atoms with E-state index >= 15 is 0 Å². The maximum Gasteiger partial charge on any atom is 0.271 e. The maximum absolute atomic E-state index is 12.9. The summed E-state index contributed by atoms with van der Waals surface area (Å²) < 4.78 is 32.7. The Kier molecular flexibility index (Phi) is 8.45. The van der Waals surface area contributed by atoms with Gasteiger partial charge in [0.05, 0.1) is 16.8 Å². The third-order valence-electron chi connectivity index (χ3n) is 5.78. The van der Waals surface area contributed by atoms with Crippen LogP contribution in [-0.2, 0) is 16.6 Å². The zero-order valence-electron chi connectivity index (χ0n) is 20.8. The molecule has 4 aromatic rings. The van der Waals surface area contributed by atoms with Gasteiger partial charge >= 0.3 is 0 Å². The van der Waals surface area contributed by atoms with Gasteiger partial charge in [-0.2, -0.15) is 5.10 Å². The second-order valence-electron chi connectivity index (χ2n) is 8.48. The molecule has 0 atom stereocenters. The molecule has 38 heavy (non-hydrogen) atoms. The first-order valence-corrected chi connectivity index (χ1v) is 13.5. The minimum atomic E-state index is -3.72. The van der Waals surface area contributed by atoms with Crippen molar-refractivity contribution < 1.29 is 17.9 Å². The molecule has 9 heteroatoms. The molecule has 0 heterocycles. The summed E-state index contributed by atoms with van der Waals surface area (Å²) in [6.45, 7) is 2.25. The number of benzene rings is 4. The zero-order chi connectivity index (χ0) is 27.1. The number of aryl methyl sites for hydroxylation is 1. The Labute approximate surface area is 227 Å². The molecule has 1 N–H and O–H groups in total. The highest BCUT2D eigenvalue weighted by molar-refractivity contribution is 7.92. The Morgan fingerprint density at radius 3 is 2.26 bits per heavy atom. The first-order chi connectivity index (χ1) is 18.2. The van der Waals surface area contributed by atoms with Gasteiger partial charge in [0.15, 0.2) is 0 Å². The molecule has 0 radical (unpaired) electrons. The van der Waals surface area contributed by atoms with Gasteiger partial charge in [0.1, 0.15) is 12.4 Å². The Morgan fingerprint density at radius 2 is 1.61 bits per heavy atom. The number of rotatable bonds is 9. The summed E-state index contributed by atoms with van der Waals surface area (Å²) in [7, 11) is -2.24. The fourth-order valence-corrected chi connectivity index (χ4v) is 4.87. The van der Waals surface area contributed by atoms with Gasteiger partial charge in [-0.25, -0.2) is 13.8 Å². The van der Waals surface area contributed by atoms with E-state index < -0.39 is 15.9 Å². The number of hydrazone groups is 1. The fraction of sp³-hybridized carbons (Fsp3) is 0.103. The van der Waals surface area contributed by atoms with Crippen LogP contribution in [0.3, 0.4) is 0 Å². The predicted octanol–water partition coefficient (Wildman–Crippen LogP) is 5.82. The molecule has 4 rings (SSSR count). The first kappa shape index (κ1) is 26.9. The lowest BCUT2D eigenvalue weighted by Gasteiger charge is -2.19. The second kappa shape index (κ2) is 11.9. The van der Waals surface area contributed by atoms with Crippen LogP contribution in [0.4, 0.5) is 5.69 Å². The lowest BCUT2D eigenvalue weighted by atomic mass is 10.2. The van der Waals surface area contributed by atoms with E-state index in [1.54, 1.807) is 60.7 Å². The molecular weight excluding hydrogens is 522 g/mol. The third-order valence-corrected chi connectivity index (χ3v) is 7.95. The van der Waals surface area contributed by atoms with Crippen LogP contribution in [0.15, 0.2) is 107 Å². The molecule has 194 valence electrons. The van der Waals surface area contributed by atoms with Gasteiger partial charge in [-0.05, 0) is 79.2 Å². The summed E-state index contributed by atoms with van der Waals surface area (Å²) in [6.07, 6.45) is 1.52. The van der Waals surface area contributed by atoms with Crippen LogP contribution in [-0.4, -0.2) is 27.6 Å². The normalized spacial score (nSPS) is 11.3. The van der Waals surface area contributed by atoms with Crippen molar-refractivity contribution in [2.24, 2.45) is 5.10 Å².